The highest BCUT2D eigenvalue weighted by molar-refractivity contribution is 4.87. The van der Waals surface area contributed by atoms with Crippen LogP contribution in [0.3, 0.4) is 0 Å². The first-order valence-corrected chi connectivity index (χ1v) is 11.9. The van der Waals surface area contributed by atoms with Crippen LogP contribution in [0.4, 0.5) is 0 Å². The van der Waals surface area contributed by atoms with Crippen molar-refractivity contribution in [2.24, 2.45) is 11.7 Å². The maximum absolute atomic E-state index is 10.7. The predicted molar refractivity (Wildman–Crippen MR) is 116 cm³/mol. The molecule has 4 nitrogen and oxygen atoms in total. The summed E-state index contributed by atoms with van der Waals surface area (Å²) in [4.78, 5) is 0. The normalized spacial score (nSPS) is 23.9. The summed E-state index contributed by atoms with van der Waals surface area (Å²) in [6, 6.07) is 0.434. The lowest BCUT2D eigenvalue weighted by atomic mass is 9.80. The van der Waals surface area contributed by atoms with Crippen molar-refractivity contribution in [3.05, 3.63) is 0 Å². The molecule has 0 aromatic carbocycles. The molecule has 0 spiro atoms. The van der Waals surface area contributed by atoms with Gasteiger partial charge in [-0.25, -0.2) is 0 Å². The molecule has 27 heavy (non-hydrogen) atoms. The third-order valence-electron chi connectivity index (χ3n) is 6.40. The van der Waals surface area contributed by atoms with E-state index in [1.54, 1.807) is 0 Å². The van der Waals surface area contributed by atoms with Gasteiger partial charge in [0.15, 0.2) is 0 Å². The van der Waals surface area contributed by atoms with Gasteiger partial charge in [0.25, 0.3) is 0 Å². The van der Waals surface area contributed by atoms with Gasteiger partial charge in [-0.2, -0.15) is 0 Å². The third-order valence-corrected chi connectivity index (χ3v) is 6.40. The average Bonchev–Trinajstić information content (AvgIpc) is 2.67. The summed E-state index contributed by atoms with van der Waals surface area (Å²) in [6.45, 7) is 4.46. The highest BCUT2D eigenvalue weighted by Gasteiger charge is 2.30. The second-order valence-corrected chi connectivity index (χ2v) is 8.99. The lowest BCUT2D eigenvalue weighted by molar-refractivity contribution is 0.0234. The van der Waals surface area contributed by atoms with Crippen molar-refractivity contribution in [1.29, 1.82) is 0 Å². The monoisotopic (exact) mass is 384 g/mol. The summed E-state index contributed by atoms with van der Waals surface area (Å²) in [5, 5.41) is 23.9. The molecule has 0 aliphatic heterocycles. The third kappa shape index (κ3) is 11.4. The van der Waals surface area contributed by atoms with E-state index in [-0.39, 0.29) is 18.6 Å². The second-order valence-electron chi connectivity index (χ2n) is 8.99. The number of nitrogens with one attached hydrogen (secondary N) is 1. The molecule has 0 bridgehead atoms. The first-order valence-electron chi connectivity index (χ1n) is 11.9. The summed E-state index contributed by atoms with van der Waals surface area (Å²) >= 11 is 0. The Kier molecular flexibility index (Phi) is 14.5. The van der Waals surface area contributed by atoms with Crippen molar-refractivity contribution in [3.8, 4) is 0 Å². The summed E-state index contributed by atoms with van der Waals surface area (Å²) in [6.07, 6.45) is 18.2. The summed E-state index contributed by atoms with van der Waals surface area (Å²) in [5.74, 6) is 0.277. The van der Waals surface area contributed by atoms with Gasteiger partial charge in [-0.05, 0) is 44.9 Å². The zero-order chi connectivity index (χ0) is 19.9. The highest BCUT2D eigenvalue weighted by atomic mass is 16.3. The van der Waals surface area contributed by atoms with Gasteiger partial charge >= 0.3 is 0 Å². The van der Waals surface area contributed by atoms with Crippen LogP contribution in [-0.2, 0) is 0 Å². The Morgan fingerprint density at radius 1 is 0.889 bits per heavy atom. The molecule has 1 aliphatic carbocycles. The SMILES string of the molecule is CCCCCCCCCCCCC(C)NC(CO)C(O)C1CCC(N)CC1. The molecule has 4 heteroatoms. The molecule has 1 aliphatic rings. The quantitative estimate of drug-likeness (QED) is 0.295. The van der Waals surface area contributed by atoms with Crippen LogP contribution in [0.5, 0.6) is 0 Å². The highest BCUT2D eigenvalue weighted by Crippen LogP contribution is 2.27. The van der Waals surface area contributed by atoms with Crippen molar-refractivity contribution < 1.29 is 10.2 Å². The van der Waals surface area contributed by atoms with Gasteiger partial charge in [0.1, 0.15) is 0 Å². The summed E-state index contributed by atoms with van der Waals surface area (Å²) in [5.41, 5.74) is 5.97. The van der Waals surface area contributed by atoms with Crippen LogP contribution in [0, 0.1) is 5.92 Å². The van der Waals surface area contributed by atoms with E-state index in [1.165, 1.54) is 64.2 Å². The van der Waals surface area contributed by atoms with Crippen LogP contribution >= 0.6 is 0 Å². The molecule has 1 fully saturated rings. The minimum atomic E-state index is -0.461. The largest absolute Gasteiger partial charge is 0.395 e. The molecule has 1 rings (SSSR count). The van der Waals surface area contributed by atoms with Gasteiger partial charge in [-0.3, -0.25) is 0 Å². The van der Waals surface area contributed by atoms with Crippen molar-refractivity contribution in [1.82, 2.24) is 5.32 Å². The molecule has 0 heterocycles. The molecule has 0 aromatic rings. The molecule has 5 N–H and O–H groups in total. The smallest absolute Gasteiger partial charge is 0.0743 e. The molecule has 0 radical (unpaired) electrons. The van der Waals surface area contributed by atoms with Crippen LogP contribution in [-0.4, -0.2) is 41.0 Å². The number of rotatable bonds is 16. The van der Waals surface area contributed by atoms with Gasteiger partial charge in [-0.15, -0.1) is 0 Å². The maximum Gasteiger partial charge on any atom is 0.0743 e. The molecular formula is C23H48N2O2. The standard InChI is InChI=1S/C23H48N2O2/c1-3-4-5-6-7-8-9-10-11-12-13-19(2)25-22(18-26)23(27)20-14-16-21(24)17-15-20/h19-23,25-27H,3-18,24H2,1-2H3. The number of unbranched alkanes of at least 4 members (excludes halogenated alkanes) is 9. The Morgan fingerprint density at radius 2 is 1.41 bits per heavy atom. The van der Waals surface area contributed by atoms with E-state index in [0.29, 0.717) is 12.1 Å². The van der Waals surface area contributed by atoms with Crippen molar-refractivity contribution in [3.63, 3.8) is 0 Å². The summed E-state index contributed by atoms with van der Waals surface area (Å²) in [7, 11) is 0. The summed E-state index contributed by atoms with van der Waals surface area (Å²) < 4.78 is 0. The number of aliphatic hydroxyl groups is 2. The number of aliphatic hydroxyl groups excluding tert-OH is 2. The van der Waals surface area contributed by atoms with E-state index < -0.39 is 6.10 Å². The van der Waals surface area contributed by atoms with E-state index in [2.05, 4.69) is 19.2 Å². The molecule has 0 saturated heterocycles. The fourth-order valence-corrected chi connectivity index (χ4v) is 4.46. The first-order chi connectivity index (χ1) is 13.1. The Balaban J connectivity index is 2.07. The molecular weight excluding hydrogens is 336 g/mol. The number of hydrogen-bond acceptors (Lipinski definition) is 4. The lowest BCUT2D eigenvalue weighted by Gasteiger charge is -2.35. The van der Waals surface area contributed by atoms with Crippen molar-refractivity contribution in [2.75, 3.05) is 6.61 Å². The van der Waals surface area contributed by atoms with E-state index >= 15 is 0 Å². The zero-order valence-corrected chi connectivity index (χ0v) is 18.2. The Bertz CT molecular complexity index is 332. The number of hydrogen-bond donors (Lipinski definition) is 4. The fourth-order valence-electron chi connectivity index (χ4n) is 4.46. The lowest BCUT2D eigenvalue weighted by Crippen LogP contribution is -2.50. The number of nitrogens with two attached hydrogens (primary N) is 1. The van der Waals surface area contributed by atoms with Crippen LogP contribution in [0.1, 0.15) is 110 Å². The van der Waals surface area contributed by atoms with Crippen LogP contribution in [0.15, 0.2) is 0 Å². The molecule has 0 amide bonds. The van der Waals surface area contributed by atoms with E-state index in [0.717, 1.165) is 32.1 Å². The molecule has 162 valence electrons. The van der Waals surface area contributed by atoms with Gasteiger partial charge in [0.05, 0.1) is 18.8 Å². The Morgan fingerprint density at radius 3 is 1.93 bits per heavy atom. The van der Waals surface area contributed by atoms with Gasteiger partial charge in [0.2, 0.25) is 0 Å². The topological polar surface area (TPSA) is 78.5 Å². The predicted octanol–water partition coefficient (Wildman–Crippen LogP) is 4.51. The average molecular weight is 385 g/mol. The van der Waals surface area contributed by atoms with Gasteiger partial charge in [-0.1, -0.05) is 71.1 Å². The maximum atomic E-state index is 10.7. The minimum Gasteiger partial charge on any atom is -0.395 e. The Labute approximate surface area is 168 Å². The van der Waals surface area contributed by atoms with Crippen LogP contribution in [0.25, 0.3) is 0 Å². The Hall–Kier alpha value is -0.160. The minimum absolute atomic E-state index is 0.00604. The van der Waals surface area contributed by atoms with Gasteiger partial charge < -0.3 is 21.3 Å². The second kappa shape index (κ2) is 15.7. The van der Waals surface area contributed by atoms with Crippen molar-refractivity contribution in [2.45, 2.75) is 134 Å². The van der Waals surface area contributed by atoms with E-state index in [9.17, 15) is 10.2 Å². The molecule has 3 atom stereocenters. The van der Waals surface area contributed by atoms with Gasteiger partial charge in [0, 0.05) is 12.1 Å². The van der Waals surface area contributed by atoms with Crippen molar-refractivity contribution >= 4 is 0 Å². The fraction of sp³-hybridized carbons (Fsp3) is 1.00. The molecule has 1 saturated carbocycles. The van der Waals surface area contributed by atoms with Crippen LogP contribution < -0.4 is 11.1 Å². The first kappa shape index (κ1) is 24.9. The zero-order valence-electron chi connectivity index (χ0n) is 18.2. The van der Waals surface area contributed by atoms with E-state index in [4.69, 9.17) is 5.73 Å². The molecule has 0 aromatic heterocycles. The molecule has 3 unspecified atom stereocenters. The van der Waals surface area contributed by atoms with E-state index in [1.807, 2.05) is 0 Å². The van der Waals surface area contributed by atoms with Crippen LogP contribution in [0.2, 0.25) is 0 Å².